The molecule has 0 aliphatic rings. The maximum absolute atomic E-state index is 12.4. The lowest BCUT2D eigenvalue weighted by atomic mass is 10.3. The zero-order valence-corrected chi connectivity index (χ0v) is 15.5. The summed E-state index contributed by atoms with van der Waals surface area (Å²) in [6.07, 6.45) is 3.29. The van der Waals surface area contributed by atoms with E-state index in [9.17, 15) is 4.79 Å². The monoisotopic (exact) mass is 390 g/mol. The standard InChI is InChI=1S/C17H15ClN4O3S/c1-10(15(23)20-12-5-6-14(24-2)13(18)8-12)26-17-22-21-16(25-17)11-4-3-7-19-9-11/h3-10H,1-2H3,(H,20,23)/t10-/m1/s1. The van der Waals surface area contributed by atoms with Crippen molar-refractivity contribution in [3.05, 3.63) is 47.7 Å². The van der Waals surface area contributed by atoms with E-state index in [-0.39, 0.29) is 5.91 Å². The Balaban J connectivity index is 1.63. The first-order chi connectivity index (χ1) is 12.6. The Hall–Kier alpha value is -2.58. The van der Waals surface area contributed by atoms with Crippen LogP contribution in [-0.2, 0) is 4.79 Å². The van der Waals surface area contributed by atoms with E-state index in [1.165, 1.54) is 18.9 Å². The molecule has 1 atom stereocenters. The van der Waals surface area contributed by atoms with Gasteiger partial charge in [-0.2, -0.15) is 0 Å². The van der Waals surface area contributed by atoms with E-state index in [0.29, 0.717) is 27.6 Å². The molecule has 7 nitrogen and oxygen atoms in total. The molecule has 1 aromatic carbocycles. The smallest absolute Gasteiger partial charge is 0.277 e. The van der Waals surface area contributed by atoms with Gasteiger partial charge in [-0.25, -0.2) is 0 Å². The molecule has 0 fully saturated rings. The average molecular weight is 391 g/mol. The Morgan fingerprint density at radius 2 is 2.19 bits per heavy atom. The van der Waals surface area contributed by atoms with Crippen LogP contribution in [0.15, 0.2) is 52.4 Å². The van der Waals surface area contributed by atoms with Gasteiger partial charge in [-0.1, -0.05) is 23.4 Å². The lowest BCUT2D eigenvalue weighted by Gasteiger charge is -2.11. The van der Waals surface area contributed by atoms with Crippen LogP contribution in [0.3, 0.4) is 0 Å². The van der Waals surface area contributed by atoms with Crippen LogP contribution in [0.1, 0.15) is 6.92 Å². The van der Waals surface area contributed by atoms with Gasteiger partial charge in [-0.3, -0.25) is 9.78 Å². The first-order valence-electron chi connectivity index (χ1n) is 7.62. The van der Waals surface area contributed by atoms with Crippen LogP contribution in [0.25, 0.3) is 11.5 Å². The number of pyridine rings is 1. The molecule has 0 aliphatic carbocycles. The summed E-state index contributed by atoms with van der Waals surface area (Å²) in [7, 11) is 1.53. The second-order valence-corrected chi connectivity index (χ2v) is 6.91. The van der Waals surface area contributed by atoms with Gasteiger partial charge in [0.05, 0.1) is 22.9 Å². The Bertz CT molecular complexity index is 904. The molecule has 0 aliphatic heterocycles. The fraction of sp³-hybridized carbons (Fsp3) is 0.176. The number of halogens is 1. The Morgan fingerprint density at radius 3 is 2.88 bits per heavy atom. The number of hydrogen-bond donors (Lipinski definition) is 1. The SMILES string of the molecule is COc1ccc(NC(=O)[C@@H](C)Sc2nnc(-c3cccnc3)o2)cc1Cl. The van der Waals surface area contributed by atoms with Crippen molar-refractivity contribution in [2.24, 2.45) is 0 Å². The van der Waals surface area contributed by atoms with Gasteiger partial charge in [-0.15, -0.1) is 10.2 Å². The molecule has 2 heterocycles. The van der Waals surface area contributed by atoms with Crippen LogP contribution in [-0.4, -0.2) is 33.4 Å². The molecule has 3 aromatic rings. The van der Waals surface area contributed by atoms with E-state index in [2.05, 4.69) is 20.5 Å². The summed E-state index contributed by atoms with van der Waals surface area (Å²) in [5.41, 5.74) is 1.30. The molecule has 0 unspecified atom stereocenters. The number of ether oxygens (including phenoxy) is 1. The van der Waals surface area contributed by atoms with E-state index in [1.807, 2.05) is 6.07 Å². The third kappa shape index (κ3) is 4.33. The zero-order valence-electron chi connectivity index (χ0n) is 14.0. The highest BCUT2D eigenvalue weighted by molar-refractivity contribution is 8.00. The van der Waals surface area contributed by atoms with Crippen LogP contribution < -0.4 is 10.1 Å². The number of thioether (sulfide) groups is 1. The quantitative estimate of drug-likeness (QED) is 0.638. The molecule has 3 rings (SSSR count). The predicted octanol–water partition coefficient (Wildman–Crippen LogP) is 3.91. The van der Waals surface area contributed by atoms with Crippen molar-refractivity contribution in [1.29, 1.82) is 0 Å². The maximum Gasteiger partial charge on any atom is 0.277 e. The van der Waals surface area contributed by atoms with E-state index in [1.54, 1.807) is 43.6 Å². The first-order valence-corrected chi connectivity index (χ1v) is 8.87. The Morgan fingerprint density at radius 1 is 1.35 bits per heavy atom. The summed E-state index contributed by atoms with van der Waals surface area (Å²) >= 11 is 7.23. The highest BCUT2D eigenvalue weighted by atomic mass is 35.5. The molecule has 9 heteroatoms. The van der Waals surface area contributed by atoms with E-state index in [4.69, 9.17) is 20.8 Å². The van der Waals surface area contributed by atoms with Crippen molar-refractivity contribution >= 4 is 35.0 Å². The largest absolute Gasteiger partial charge is 0.495 e. The average Bonchev–Trinajstić information content (AvgIpc) is 3.11. The lowest BCUT2D eigenvalue weighted by molar-refractivity contribution is -0.115. The minimum atomic E-state index is -0.446. The number of benzene rings is 1. The molecule has 0 radical (unpaired) electrons. The predicted molar refractivity (Wildman–Crippen MR) is 99.5 cm³/mol. The number of nitrogens with one attached hydrogen (secondary N) is 1. The second kappa shape index (κ2) is 8.20. The van der Waals surface area contributed by atoms with Gasteiger partial charge < -0.3 is 14.5 Å². The molecule has 1 amide bonds. The summed E-state index contributed by atoms with van der Waals surface area (Å²) in [5.74, 6) is 0.688. The summed E-state index contributed by atoms with van der Waals surface area (Å²) in [4.78, 5) is 16.4. The van der Waals surface area contributed by atoms with Crippen molar-refractivity contribution in [1.82, 2.24) is 15.2 Å². The molecular weight excluding hydrogens is 376 g/mol. The van der Waals surface area contributed by atoms with E-state index in [0.717, 1.165) is 5.56 Å². The van der Waals surface area contributed by atoms with Gasteiger partial charge >= 0.3 is 0 Å². The number of nitrogens with zero attached hydrogens (tertiary/aromatic N) is 3. The van der Waals surface area contributed by atoms with Gasteiger partial charge in [0, 0.05) is 18.1 Å². The molecular formula is C17H15ClN4O3S. The van der Waals surface area contributed by atoms with Crippen molar-refractivity contribution in [2.45, 2.75) is 17.4 Å². The minimum absolute atomic E-state index is 0.211. The summed E-state index contributed by atoms with van der Waals surface area (Å²) in [6.45, 7) is 1.75. The van der Waals surface area contributed by atoms with Crippen molar-refractivity contribution in [2.75, 3.05) is 12.4 Å². The number of carbonyl (C=O) groups is 1. The van der Waals surface area contributed by atoms with Crippen LogP contribution in [0, 0.1) is 0 Å². The van der Waals surface area contributed by atoms with Crippen molar-refractivity contribution in [3.63, 3.8) is 0 Å². The van der Waals surface area contributed by atoms with Crippen LogP contribution in [0.4, 0.5) is 5.69 Å². The van der Waals surface area contributed by atoms with Crippen molar-refractivity contribution in [3.8, 4) is 17.2 Å². The molecule has 1 N–H and O–H groups in total. The summed E-state index contributed by atoms with van der Waals surface area (Å²) in [5, 5.41) is 11.0. The molecule has 0 saturated carbocycles. The zero-order chi connectivity index (χ0) is 18.5. The summed E-state index contributed by atoms with van der Waals surface area (Å²) < 4.78 is 10.7. The van der Waals surface area contributed by atoms with Gasteiger partial charge in [0.1, 0.15) is 5.75 Å². The van der Waals surface area contributed by atoms with Gasteiger partial charge in [0.25, 0.3) is 5.22 Å². The second-order valence-electron chi connectivity index (χ2n) is 5.21. The number of anilines is 1. The first kappa shape index (κ1) is 18.2. The minimum Gasteiger partial charge on any atom is -0.495 e. The fourth-order valence-corrected chi connectivity index (χ4v) is 3.00. The fourth-order valence-electron chi connectivity index (χ4n) is 2.06. The lowest BCUT2D eigenvalue weighted by Crippen LogP contribution is -2.22. The van der Waals surface area contributed by atoms with Crippen LogP contribution in [0.2, 0.25) is 5.02 Å². The molecule has 26 heavy (non-hydrogen) atoms. The topological polar surface area (TPSA) is 90.1 Å². The Labute approximate surface area is 159 Å². The normalized spacial score (nSPS) is 11.8. The highest BCUT2D eigenvalue weighted by Crippen LogP contribution is 2.29. The number of rotatable bonds is 6. The number of hydrogen-bond acceptors (Lipinski definition) is 7. The Kier molecular flexibility index (Phi) is 5.75. The molecule has 0 saturated heterocycles. The number of amides is 1. The van der Waals surface area contributed by atoms with Gasteiger partial charge in [0.2, 0.25) is 11.8 Å². The third-order valence-corrected chi connectivity index (χ3v) is 4.61. The number of carbonyl (C=O) groups excluding carboxylic acids is 1. The van der Waals surface area contributed by atoms with E-state index >= 15 is 0 Å². The van der Waals surface area contributed by atoms with Crippen LogP contribution in [0.5, 0.6) is 5.75 Å². The number of methoxy groups -OCH3 is 1. The molecule has 2 aromatic heterocycles. The molecule has 134 valence electrons. The molecule has 0 spiro atoms. The van der Waals surface area contributed by atoms with Crippen LogP contribution >= 0.6 is 23.4 Å². The molecule has 0 bridgehead atoms. The highest BCUT2D eigenvalue weighted by Gasteiger charge is 2.19. The van der Waals surface area contributed by atoms with E-state index < -0.39 is 5.25 Å². The maximum atomic E-state index is 12.4. The third-order valence-electron chi connectivity index (χ3n) is 3.38. The van der Waals surface area contributed by atoms with Crippen molar-refractivity contribution < 1.29 is 13.9 Å². The summed E-state index contributed by atoms with van der Waals surface area (Å²) in [6, 6.07) is 8.63. The van der Waals surface area contributed by atoms with Gasteiger partial charge in [-0.05, 0) is 37.3 Å². The van der Waals surface area contributed by atoms with Gasteiger partial charge in [0.15, 0.2) is 0 Å². The number of aromatic nitrogens is 3.